The van der Waals surface area contributed by atoms with Gasteiger partial charge < -0.3 is 10.2 Å². The summed E-state index contributed by atoms with van der Waals surface area (Å²) in [5.74, 6) is -0.0858. The van der Waals surface area contributed by atoms with E-state index in [2.05, 4.69) is 29.6 Å². The highest BCUT2D eigenvalue weighted by atomic mass is 16.2. The van der Waals surface area contributed by atoms with Crippen LogP contribution in [-0.4, -0.2) is 28.8 Å². The monoisotopic (exact) mass is 430 g/mol. The van der Waals surface area contributed by atoms with Gasteiger partial charge in [-0.3, -0.25) is 9.59 Å². The molecule has 0 saturated heterocycles. The van der Waals surface area contributed by atoms with Crippen molar-refractivity contribution in [2.75, 3.05) is 0 Å². The van der Waals surface area contributed by atoms with E-state index < -0.39 is 6.04 Å². The molecule has 1 atom stereocenters. The molecule has 0 saturated carbocycles. The van der Waals surface area contributed by atoms with E-state index in [0.717, 1.165) is 11.1 Å². The number of amides is 2. The number of aryl methyl sites for hydroxylation is 2. The number of nitrogens with one attached hydrogen (secondary N) is 1. The van der Waals surface area contributed by atoms with Gasteiger partial charge in [0.25, 0.3) is 0 Å². The third kappa shape index (κ3) is 5.97. The SMILES string of the molecule is CCC(C(=O)NC(C)C)N(Cc1ccc(C)cc1)C(=O)CCc1cccc2ccccc12. The number of carbonyl (C=O) groups is 2. The van der Waals surface area contributed by atoms with E-state index in [1.807, 2.05) is 70.2 Å². The Bertz CT molecular complexity index is 1050. The van der Waals surface area contributed by atoms with Crippen LogP contribution in [0, 0.1) is 6.92 Å². The maximum absolute atomic E-state index is 13.5. The first-order valence-electron chi connectivity index (χ1n) is 11.5. The minimum Gasteiger partial charge on any atom is -0.352 e. The average Bonchev–Trinajstić information content (AvgIpc) is 2.78. The Kier molecular flexibility index (Phi) is 8.04. The van der Waals surface area contributed by atoms with Crippen molar-refractivity contribution in [2.24, 2.45) is 0 Å². The highest BCUT2D eigenvalue weighted by Crippen LogP contribution is 2.21. The topological polar surface area (TPSA) is 49.4 Å². The smallest absolute Gasteiger partial charge is 0.243 e. The van der Waals surface area contributed by atoms with Crippen LogP contribution in [-0.2, 0) is 22.6 Å². The summed E-state index contributed by atoms with van der Waals surface area (Å²) in [6.45, 7) is 8.32. The van der Waals surface area contributed by atoms with Crippen molar-refractivity contribution in [2.45, 2.75) is 65.6 Å². The number of carbonyl (C=O) groups excluding carboxylic acids is 2. The molecule has 0 aliphatic heterocycles. The molecule has 0 bridgehead atoms. The molecule has 0 aromatic heterocycles. The zero-order chi connectivity index (χ0) is 23.1. The van der Waals surface area contributed by atoms with E-state index in [1.165, 1.54) is 16.3 Å². The summed E-state index contributed by atoms with van der Waals surface area (Å²) in [5.41, 5.74) is 3.36. The number of hydrogen-bond acceptors (Lipinski definition) is 2. The molecular weight excluding hydrogens is 396 g/mol. The fourth-order valence-corrected chi connectivity index (χ4v) is 4.09. The van der Waals surface area contributed by atoms with E-state index in [-0.39, 0.29) is 17.9 Å². The summed E-state index contributed by atoms with van der Waals surface area (Å²) in [6, 6.07) is 22.2. The second-order valence-corrected chi connectivity index (χ2v) is 8.73. The van der Waals surface area contributed by atoms with Gasteiger partial charge in [0.2, 0.25) is 11.8 Å². The number of benzene rings is 3. The molecule has 3 aromatic rings. The Balaban J connectivity index is 1.82. The maximum atomic E-state index is 13.5. The minimum atomic E-state index is -0.487. The van der Waals surface area contributed by atoms with Crippen molar-refractivity contribution in [3.8, 4) is 0 Å². The van der Waals surface area contributed by atoms with Gasteiger partial charge in [0, 0.05) is 19.0 Å². The summed E-state index contributed by atoms with van der Waals surface area (Å²) in [4.78, 5) is 28.1. The van der Waals surface area contributed by atoms with E-state index in [4.69, 9.17) is 0 Å². The average molecular weight is 431 g/mol. The predicted octanol–water partition coefficient (Wildman–Crippen LogP) is 5.41. The highest BCUT2D eigenvalue weighted by Gasteiger charge is 2.28. The second kappa shape index (κ2) is 10.9. The van der Waals surface area contributed by atoms with Gasteiger partial charge in [0.15, 0.2) is 0 Å². The summed E-state index contributed by atoms with van der Waals surface area (Å²) < 4.78 is 0. The van der Waals surface area contributed by atoms with Crippen LogP contribution in [0.25, 0.3) is 10.8 Å². The van der Waals surface area contributed by atoms with Gasteiger partial charge in [-0.2, -0.15) is 0 Å². The molecule has 32 heavy (non-hydrogen) atoms. The summed E-state index contributed by atoms with van der Waals surface area (Å²) >= 11 is 0. The van der Waals surface area contributed by atoms with Crippen LogP contribution in [0.5, 0.6) is 0 Å². The molecular formula is C28H34N2O2. The van der Waals surface area contributed by atoms with Crippen molar-refractivity contribution in [1.82, 2.24) is 10.2 Å². The molecule has 4 nitrogen and oxygen atoms in total. The summed E-state index contributed by atoms with van der Waals surface area (Å²) in [6.07, 6.45) is 1.59. The zero-order valence-corrected chi connectivity index (χ0v) is 19.6. The largest absolute Gasteiger partial charge is 0.352 e. The lowest BCUT2D eigenvalue weighted by molar-refractivity contribution is -0.141. The first-order valence-corrected chi connectivity index (χ1v) is 11.5. The van der Waals surface area contributed by atoms with Crippen LogP contribution in [0.15, 0.2) is 66.7 Å². The molecule has 0 aliphatic rings. The van der Waals surface area contributed by atoms with Crippen LogP contribution in [0.4, 0.5) is 0 Å². The Labute approximate surface area is 191 Å². The third-order valence-corrected chi connectivity index (χ3v) is 5.78. The molecule has 0 aliphatic carbocycles. The molecule has 3 aromatic carbocycles. The molecule has 1 N–H and O–H groups in total. The van der Waals surface area contributed by atoms with Crippen LogP contribution >= 0.6 is 0 Å². The van der Waals surface area contributed by atoms with Crippen LogP contribution in [0.3, 0.4) is 0 Å². The third-order valence-electron chi connectivity index (χ3n) is 5.78. The van der Waals surface area contributed by atoms with Gasteiger partial charge in [-0.25, -0.2) is 0 Å². The van der Waals surface area contributed by atoms with E-state index in [9.17, 15) is 9.59 Å². The van der Waals surface area contributed by atoms with Crippen molar-refractivity contribution in [3.05, 3.63) is 83.4 Å². The van der Waals surface area contributed by atoms with Gasteiger partial charge in [0.1, 0.15) is 6.04 Å². The van der Waals surface area contributed by atoms with Crippen molar-refractivity contribution < 1.29 is 9.59 Å². The maximum Gasteiger partial charge on any atom is 0.243 e. The van der Waals surface area contributed by atoms with Gasteiger partial charge in [-0.05, 0) is 55.5 Å². The van der Waals surface area contributed by atoms with Crippen LogP contribution in [0.2, 0.25) is 0 Å². The molecule has 168 valence electrons. The Morgan fingerprint density at radius 2 is 1.62 bits per heavy atom. The quantitative estimate of drug-likeness (QED) is 0.493. The number of fused-ring (bicyclic) bond motifs is 1. The Hall–Kier alpha value is -3.14. The van der Waals surface area contributed by atoms with Gasteiger partial charge in [-0.15, -0.1) is 0 Å². The lowest BCUT2D eigenvalue weighted by Gasteiger charge is -2.31. The summed E-state index contributed by atoms with van der Waals surface area (Å²) in [7, 11) is 0. The standard InChI is InChI=1S/C28H34N2O2/c1-5-26(28(32)29-20(2)3)30(19-22-15-13-21(4)14-16-22)27(31)18-17-24-11-8-10-23-9-6-7-12-25(23)24/h6-16,20,26H,5,17-19H2,1-4H3,(H,29,32). The molecule has 4 heteroatoms. The normalized spacial score (nSPS) is 12.0. The molecule has 0 heterocycles. The first-order chi connectivity index (χ1) is 15.4. The van der Waals surface area contributed by atoms with E-state index in [1.54, 1.807) is 4.90 Å². The first kappa shape index (κ1) is 23.5. The lowest BCUT2D eigenvalue weighted by atomic mass is 10.00. The lowest BCUT2D eigenvalue weighted by Crippen LogP contribution is -2.50. The van der Waals surface area contributed by atoms with Gasteiger partial charge in [0.05, 0.1) is 0 Å². The van der Waals surface area contributed by atoms with E-state index in [0.29, 0.717) is 25.8 Å². The fraction of sp³-hybridized carbons (Fsp3) is 0.357. The Morgan fingerprint density at radius 3 is 2.31 bits per heavy atom. The molecule has 0 radical (unpaired) electrons. The molecule has 0 spiro atoms. The fourth-order valence-electron chi connectivity index (χ4n) is 4.09. The van der Waals surface area contributed by atoms with E-state index >= 15 is 0 Å². The van der Waals surface area contributed by atoms with Crippen LogP contribution < -0.4 is 5.32 Å². The predicted molar refractivity (Wildman–Crippen MR) is 131 cm³/mol. The summed E-state index contributed by atoms with van der Waals surface area (Å²) in [5, 5.41) is 5.34. The van der Waals surface area contributed by atoms with Crippen molar-refractivity contribution >= 4 is 22.6 Å². The zero-order valence-electron chi connectivity index (χ0n) is 19.6. The number of hydrogen-bond donors (Lipinski definition) is 1. The minimum absolute atomic E-state index is 0.00395. The second-order valence-electron chi connectivity index (χ2n) is 8.73. The molecule has 0 fully saturated rings. The van der Waals surface area contributed by atoms with Crippen LogP contribution in [0.1, 0.15) is 50.3 Å². The number of nitrogens with zero attached hydrogens (tertiary/aromatic N) is 1. The highest BCUT2D eigenvalue weighted by molar-refractivity contribution is 5.89. The molecule has 1 unspecified atom stereocenters. The van der Waals surface area contributed by atoms with Gasteiger partial charge >= 0.3 is 0 Å². The van der Waals surface area contributed by atoms with Crippen molar-refractivity contribution in [1.29, 1.82) is 0 Å². The van der Waals surface area contributed by atoms with Crippen molar-refractivity contribution in [3.63, 3.8) is 0 Å². The number of rotatable bonds is 9. The Morgan fingerprint density at radius 1 is 0.938 bits per heavy atom. The molecule has 2 amide bonds. The molecule has 3 rings (SSSR count). The van der Waals surface area contributed by atoms with Gasteiger partial charge in [-0.1, -0.05) is 79.2 Å².